The van der Waals surface area contributed by atoms with E-state index in [0.717, 1.165) is 42.9 Å². The average Bonchev–Trinajstić information content (AvgIpc) is 3.04. The van der Waals surface area contributed by atoms with Gasteiger partial charge in [-0.05, 0) is 76.5 Å². The van der Waals surface area contributed by atoms with Crippen LogP contribution in [0.1, 0.15) is 56.9 Å². The van der Waals surface area contributed by atoms with Crippen LogP contribution in [0.2, 0.25) is 0 Å². The molecule has 1 aromatic heterocycles. The van der Waals surface area contributed by atoms with Crippen molar-refractivity contribution in [3.8, 4) is 5.75 Å². The summed E-state index contributed by atoms with van der Waals surface area (Å²) in [5.74, 6) is 2.70. The Labute approximate surface area is 191 Å². The normalized spacial score (nSPS) is 18.7. The van der Waals surface area contributed by atoms with Crippen LogP contribution in [0, 0.1) is 6.92 Å². The summed E-state index contributed by atoms with van der Waals surface area (Å²) < 4.78 is 5.38. The molecular weight excluding hydrogens is 402 g/mol. The molecule has 0 atom stereocenters. The number of ether oxygens (including phenoxy) is 1. The maximum absolute atomic E-state index is 5.38. The van der Waals surface area contributed by atoms with Gasteiger partial charge in [-0.15, -0.1) is 0 Å². The molecule has 3 N–H and O–H groups in total. The summed E-state index contributed by atoms with van der Waals surface area (Å²) in [7, 11) is 3.86. The number of nitrogens with zero attached hydrogens (tertiary/aromatic N) is 4. The lowest BCUT2D eigenvalue weighted by Crippen LogP contribution is -2.37. The first kappa shape index (κ1) is 22.6. The smallest absolute Gasteiger partial charge is 0.233 e. The summed E-state index contributed by atoms with van der Waals surface area (Å²) in [4.78, 5) is 16.5. The number of hydrogen-bond donors (Lipinski definition) is 3. The Bertz CT molecular complexity index is 875. The van der Waals surface area contributed by atoms with Gasteiger partial charge in [-0.3, -0.25) is 0 Å². The zero-order chi connectivity index (χ0) is 22.3. The third-order valence-corrected chi connectivity index (χ3v) is 6.53. The predicted octanol–water partition coefficient (Wildman–Crippen LogP) is 4.57. The molecule has 8 heteroatoms. The van der Waals surface area contributed by atoms with Crippen LogP contribution in [0.15, 0.2) is 18.2 Å². The highest BCUT2D eigenvalue weighted by Crippen LogP contribution is 2.25. The highest BCUT2D eigenvalue weighted by atomic mass is 16.5. The molecule has 1 aliphatic carbocycles. The van der Waals surface area contributed by atoms with Gasteiger partial charge in [0.05, 0.1) is 7.11 Å². The lowest BCUT2D eigenvalue weighted by Gasteiger charge is -2.29. The number of aryl methyl sites for hydroxylation is 1. The minimum atomic E-state index is 0.385. The Hall–Kier alpha value is -2.61. The summed E-state index contributed by atoms with van der Waals surface area (Å²) in [6.45, 7) is 4.21. The van der Waals surface area contributed by atoms with E-state index in [4.69, 9.17) is 19.7 Å². The van der Waals surface area contributed by atoms with Crippen molar-refractivity contribution in [3.63, 3.8) is 0 Å². The number of benzene rings is 1. The van der Waals surface area contributed by atoms with Gasteiger partial charge in [0.2, 0.25) is 17.8 Å². The molecular formula is C24H37N7O. The van der Waals surface area contributed by atoms with E-state index in [1.165, 1.54) is 38.5 Å². The number of rotatable bonds is 7. The minimum absolute atomic E-state index is 0.385. The zero-order valence-corrected chi connectivity index (χ0v) is 19.7. The number of likely N-dealkylation sites (tertiary alicyclic amines) is 1. The van der Waals surface area contributed by atoms with Crippen LogP contribution in [0.25, 0.3) is 0 Å². The topological polar surface area (TPSA) is 87.2 Å². The van der Waals surface area contributed by atoms with Crippen LogP contribution >= 0.6 is 0 Å². The molecule has 2 fully saturated rings. The Balaban J connectivity index is 1.53. The van der Waals surface area contributed by atoms with Crippen molar-refractivity contribution in [1.29, 1.82) is 0 Å². The number of methoxy groups -OCH3 is 1. The van der Waals surface area contributed by atoms with Crippen molar-refractivity contribution in [3.05, 3.63) is 23.8 Å². The summed E-state index contributed by atoms with van der Waals surface area (Å²) in [5.41, 5.74) is 1.99. The fourth-order valence-electron chi connectivity index (χ4n) is 4.59. The van der Waals surface area contributed by atoms with Crippen molar-refractivity contribution >= 4 is 23.5 Å². The van der Waals surface area contributed by atoms with E-state index in [9.17, 15) is 0 Å². The molecule has 2 aromatic rings. The lowest BCUT2D eigenvalue weighted by atomic mass is 10.1. The molecule has 1 saturated heterocycles. The number of piperidine rings is 1. The van der Waals surface area contributed by atoms with Gasteiger partial charge in [0.1, 0.15) is 5.75 Å². The molecule has 32 heavy (non-hydrogen) atoms. The van der Waals surface area contributed by atoms with Crippen molar-refractivity contribution in [2.75, 3.05) is 43.2 Å². The molecule has 0 spiro atoms. The second-order valence-electron chi connectivity index (χ2n) is 9.17. The molecule has 174 valence electrons. The Kier molecular flexibility index (Phi) is 7.63. The predicted molar refractivity (Wildman–Crippen MR) is 130 cm³/mol. The van der Waals surface area contributed by atoms with Gasteiger partial charge < -0.3 is 25.6 Å². The van der Waals surface area contributed by atoms with Crippen molar-refractivity contribution in [1.82, 2.24) is 19.9 Å². The third-order valence-electron chi connectivity index (χ3n) is 6.53. The van der Waals surface area contributed by atoms with Gasteiger partial charge in [0.15, 0.2) is 0 Å². The van der Waals surface area contributed by atoms with Gasteiger partial charge in [0, 0.05) is 17.8 Å². The highest BCUT2D eigenvalue weighted by molar-refractivity contribution is 5.58. The largest absolute Gasteiger partial charge is 0.496 e. The highest BCUT2D eigenvalue weighted by Gasteiger charge is 2.19. The summed E-state index contributed by atoms with van der Waals surface area (Å²) in [6.07, 6.45) is 9.69. The lowest BCUT2D eigenvalue weighted by molar-refractivity contribution is 0.263. The first-order valence-electron chi connectivity index (χ1n) is 12.0. The molecule has 0 amide bonds. The Morgan fingerprint density at radius 2 is 1.44 bits per heavy atom. The van der Waals surface area contributed by atoms with E-state index in [-0.39, 0.29) is 0 Å². The number of anilines is 4. The van der Waals surface area contributed by atoms with E-state index >= 15 is 0 Å². The Morgan fingerprint density at radius 3 is 2.03 bits per heavy atom. The third kappa shape index (κ3) is 6.22. The van der Waals surface area contributed by atoms with E-state index in [2.05, 4.69) is 27.9 Å². The quantitative estimate of drug-likeness (QED) is 0.541. The molecule has 1 aliphatic heterocycles. The van der Waals surface area contributed by atoms with E-state index in [1.54, 1.807) is 7.11 Å². The molecule has 1 aromatic carbocycles. The Morgan fingerprint density at radius 1 is 0.844 bits per heavy atom. The van der Waals surface area contributed by atoms with Gasteiger partial charge in [-0.2, -0.15) is 15.0 Å². The van der Waals surface area contributed by atoms with Crippen LogP contribution in [0.4, 0.5) is 23.5 Å². The number of hydrogen-bond acceptors (Lipinski definition) is 8. The fourth-order valence-corrected chi connectivity index (χ4v) is 4.59. The maximum atomic E-state index is 5.38. The van der Waals surface area contributed by atoms with Gasteiger partial charge in [0.25, 0.3) is 0 Å². The molecule has 8 nitrogen and oxygen atoms in total. The van der Waals surface area contributed by atoms with E-state index in [0.29, 0.717) is 29.9 Å². The van der Waals surface area contributed by atoms with Crippen LogP contribution < -0.4 is 20.7 Å². The first-order valence-corrected chi connectivity index (χ1v) is 12.0. The maximum Gasteiger partial charge on any atom is 0.233 e. The van der Waals surface area contributed by atoms with Crippen LogP contribution in [0.5, 0.6) is 5.75 Å². The molecule has 0 unspecified atom stereocenters. The van der Waals surface area contributed by atoms with Crippen molar-refractivity contribution < 1.29 is 4.74 Å². The minimum Gasteiger partial charge on any atom is -0.496 e. The molecule has 0 radical (unpaired) electrons. The number of nitrogens with one attached hydrogen (secondary N) is 3. The average molecular weight is 440 g/mol. The van der Waals surface area contributed by atoms with Crippen LogP contribution in [0.3, 0.4) is 0 Å². The number of aromatic nitrogens is 3. The first-order chi connectivity index (χ1) is 15.6. The standard InChI is InChI=1S/C24H37N7O/c1-17-16-20(10-11-21(17)32-3)27-24-29-22(25-18-8-6-4-5-7-9-18)28-23(30-24)26-19-12-14-31(2)15-13-19/h10-11,16,18-19H,4-9,12-15H2,1-3H3,(H3,25,26,27,28,29,30). The second kappa shape index (κ2) is 10.8. The van der Waals surface area contributed by atoms with Gasteiger partial charge in [-0.1, -0.05) is 25.7 Å². The monoisotopic (exact) mass is 439 g/mol. The second-order valence-corrected chi connectivity index (χ2v) is 9.17. The SMILES string of the molecule is COc1ccc(Nc2nc(NC3CCCCCC3)nc(NC3CCN(C)CC3)n2)cc1C. The molecule has 1 saturated carbocycles. The summed E-state index contributed by atoms with van der Waals surface area (Å²) in [5, 5.41) is 10.5. The summed E-state index contributed by atoms with van der Waals surface area (Å²) >= 11 is 0. The van der Waals surface area contributed by atoms with Crippen LogP contribution in [-0.4, -0.2) is 59.2 Å². The van der Waals surface area contributed by atoms with Crippen molar-refractivity contribution in [2.24, 2.45) is 0 Å². The fraction of sp³-hybridized carbons (Fsp3) is 0.625. The van der Waals surface area contributed by atoms with Gasteiger partial charge >= 0.3 is 0 Å². The molecule has 2 heterocycles. The zero-order valence-electron chi connectivity index (χ0n) is 19.7. The molecule has 0 bridgehead atoms. The van der Waals surface area contributed by atoms with Crippen LogP contribution in [-0.2, 0) is 0 Å². The van der Waals surface area contributed by atoms with E-state index < -0.39 is 0 Å². The van der Waals surface area contributed by atoms with E-state index in [1.807, 2.05) is 25.1 Å². The van der Waals surface area contributed by atoms with Crippen molar-refractivity contribution in [2.45, 2.75) is 70.4 Å². The molecule has 2 aliphatic rings. The van der Waals surface area contributed by atoms with Gasteiger partial charge in [-0.25, -0.2) is 0 Å². The summed E-state index contributed by atoms with van der Waals surface area (Å²) in [6, 6.07) is 6.80. The molecule has 4 rings (SSSR count).